The van der Waals surface area contributed by atoms with Crippen molar-refractivity contribution in [3.8, 4) is 11.5 Å². The molecule has 2 aliphatic rings. The molecule has 10 heteroatoms. The number of hydrogen-bond donors (Lipinski definition) is 3. The highest BCUT2D eigenvalue weighted by molar-refractivity contribution is 6.38. The SMILES string of the molecule is COc1cc(OC)c(Cl)c(C2CCC3C(C2)NNC3NC(=O)c2ccc(CCC(=O)N(C)C)cc2)c1Cl. The third-order valence-corrected chi connectivity index (χ3v) is 8.18. The van der Waals surface area contributed by atoms with Crippen molar-refractivity contribution < 1.29 is 19.1 Å². The molecule has 200 valence electrons. The molecule has 1 saturated heterocycles. The number of ether oxygens (including phenoxy) is 2. The zero-order chi connectivity index (χ0) is 26.7. The van der Waals surface area contributed by atoms with Gasteiger partial charge in [-0.25, -0.2) is 5.43 Å². The second-order valence-corrected chi connectivity index (χ2v) is 10.6. The molecule has 0 spiro atoms. The molecular weight excluding hydrogens is 515 g/mol. The van der Waals surface area contributed by atoms with Crippen LogP contribution in [0.4, 0.5) is 0 Å². The normalized spacial score (nSPS) is 22.8. The van der Waals surface area contributed by atoms with Crippen molar-refractivity contribution in [1.82, 2.24) is 21.1 Å². The van der Waals surface area contributed by atoms with Gasteiger partial charge in [-0.3, -0.25) is 15.0 Å². The van der Waals surface area contributed by atoms with Crippen LogP contribution in [-0.4, -0.2) is 57.2 Å². The molecule has 2 fully saturated rings. The van der Waals surface area contributed by atoms with Crippen LogP contribution in [-0.2, 0) is 11.2 Å². The van der Waals surface area contributed by atoms with E-state index in [0.29, 0.717) is 39.9 Å². The number of amides is 2. The number of carbonyl (C=O) groups excluding carboxylic acids is 2. The summed E-state index contributed by atoms with van der Waals surface area (Å²) < 4.78 is 10.9. The fourth-order valence-electron chi connectivity index (χ4n) is 5.25. The summed E-state index contributed by atoms with van der Waals surface area (Å²) in [5.74, 6) is 1.38. The molecule has 2 aromatic rings. The van der Waals surface area contributed by atoms with Gasteiger partial charge in [-0.15, -0.1) is 0 Å². The van der Waals surface area contributed by atoms with Crippen LogP contribution in [0.5, 0.6) is 11.5 Å². The number of hydrogen-bond acceptors (Lipinski definition) is 6. The lowest BCUT2D eigenvalue weighted by molar-refractivity contribution is -0.128. The number of fused-ring (bicyclic) bond motifs is 1. The number of methoxy groups -OCH3 is 2. The van der Waals surface area contributed by atoms with Crippen LogP contribution in [0, 0.1) is 5.92 Å². The van der Waals surface area contributed by atoms with E-state index in [4.69, 9.17) is 32.7 Å². The van der Waals surface area contributed by atoms with Gasteiger partial charge >= 0.3 is 0 Å². The van der Waals surface area contributed by atoms with E-state index >= 15 is 0 Å². The number of carbonyl (C=O) groups is 2. The minimum Gasteiger partial charge on any atom is -0.495 e. The van der Waals surface area contributed by atoms with Crippen molar-refractivity contribution in [2.75, 3.05) is 28.3 Å². The van der Waals surface area contributed by atoms with Crippen molar-refractivity contribution >= 4 is 35.0 Å². The van der Waals surface area contributed by atoms with Crippen LogP contribution in [0.2, 0.25) is 10.0 Å². The predicted octanol–water partition coefficient (Wildman–Crippen LogP) is 4.15. The summed E-state index contributed by atoms with van der Waals surface area (Å²) in [5, 5.41) is 4.16. The first-order valence-electron chi connectivity index (χ1n) is 12.4. The molecular formula is C27H34Cl2N4O4. The van der Waals surface area contributed by atoms with Crippen LogP contribution in [0.15, 0.2) is 30.3 Å². The highest BCUT2D eigenvalue weighted by Crippen LogP contribution is 2.49. The highest BCUT2D eigenvalue weighted by Gasteiger charge is 2.42. The molecule has 1 aliphatic heterocycles. The molecule has 1 saturated carbocycles. The van der Waals surface area contributed by atoms with Crippen LogP contribution >= 0.6 is 23.2 Å². The van der Waals surface area contributed by atoms with Gasteiger partial charge in [0.05, 0.1) is 30.4 Å². The summed E-state index contributed by atoms with van der Waals surface area (Å²) in [6.07, 6.45) is 3.45. The first-order valence-corrected chi connectivity index (χ1v) is 13.2. The zero-order valence-corrected chi connectivity index (χ0v) is 23.1. The molecule has 2 aromatic carbocycles. The topological polar surface area (TPSA) is 91.9 Å². The van der Waals surface area contributed by atoms with Gasteiger partial charge in [-0.1, -0.05) is 35.3 Å². The summed E-state index contributed by atoms with van der Waals surface area (Å²) in [4.78, 5) is 26.4. The van der Waals surface area contributed by atoms with E-state index in [1.807, 2.05) is 24.3 Å². The Morgan fingerprint density at radius 3 is 2.27 bits per heavy atom. The number of benzene rings is 2. The molecule has 4 atom stereocenters. The van der Waals surface area contributed by atoms with Crippen LogP contribution < -0.4 is 25.6 Å². The smallest absolute Gasteiger partial charge is 0.252 e. The fourth-order valence-corrected chi connectivity index (χ4v) is 6.06. The van der Waals surface area contributed by atoms with E-state index in [1.54, 1.807) is 39.3 Å². The molecule has 37 heavy (non-hydrogen) atoms. The van der Waals surface area contributed by atoms with E-state index in [9.17, 15) is 9.59 Å². The van der Waals surface area contributed by atoms with E-state index in [1.165, 1.54) is 0 Å². The van der Waals surface area contributed by atoms with Gasteiger partial charge in [-0.05, 0) is 49.3 Å². The second-order valence-electron chi connectivity index (χ2n) is 9.83. The summed E-state index contributed by atoms with van der Waals surface area (Å²) in [6.45, 7) is 0. The van der Waals surface area contributed by atoms with E-state index < -0.39 is 0 Å². The van der Waals surface area contributed by atoms with Crippen molar-refractivity contribution in [3.63, 3.8) is 0 Å². The molecule has 4 rings (SSSR count). The lowest BCUT2D eigenvalue weighted by Gasteiger charge is -2.34. The Balaban J connectivity index is 1.37. The highest BCUT2D eigenvalue weighted by atomic mass is 35.5. The first-order chi connectivity index (χ1) is 17.7. The monoisotopic (exact) mass is 548 g/mol. The molecule has 0 radical (unpaired) electrons. The zero-order valence-electron chi connectivity index (χ0n) is 21.6. The molecule has 1 aliphatic carbocycles. The molecule has 0 bridgehead atoms. The number of nitrogens with one attached hydrogen (secondary N) is 3. The van der Waals surface area contributed by atoms with Crippen LogP contribution in [0.1, 0.15) is 53.1 Å². The number of aryl methyl sites for hydroxylation is 1. The number of halogens is 2. The van der Waals surface area contributed by atoms with Crippen LogP contribution in [0.3, 0.4) is 0 Å². The first kappa shape index (κ1) is 27.5. The van der Waals surface area contributed by atoms with Crippen molar-refractivity contribution in [1.29, 1.82) is 0 Å². The molecule has 4 unspecified atom stereocenters. The Bertz CT molecular complexity index is 1110. The second kappa shape index (κ2) is 11.9. The largest absolute Gasteiger partial charge is 0.495 e. The minimum absolute atomic E-state index is 0.0842. The summed E-state index contributed by atoms with van der Waals surface area (Å²) in [6, 6.07) is 9.27. The lowest BCUT2D eigenvalue weighted by Crippen LogP contribution is -2.47. The fraction of sp³-hybridized carbons (Fsp3) is 0.481. The van der Waals surface area contributed by atoms with Crippen molar-refractivity contribution in [2.45, 2.75) is 50.2 Å². The Hall–Kier alpha value is -2.52. The number of hydrazine groups is 1. The quantitative estimate of drug-likeness (QED) is 0.459. The van der Waals surface area contributed by atoms with Gasteiger partial charge in [0.15, 0.2) is 0 Å². The predicted molar refractivity (Wildman–Crippen MR) is 144 cm³/mol. The Morgan fingerprint density at radius 1 is 1.03 bits per heavy atom. The average Bonchev–Trinajstić information content (AvgIpc) is 3.29. The average molecular weight is 549 g/mol. The maximum atomic E-state index is 13.0. The summed E-state index contributed by atoms with van der Waals surface area (Å²) >= 11 is 13.3. The molecule has 1 heterocycles. The van der Waals surface area contributed by atoms with E-state index in [0.717, 1.165) is 30.4 Å². The molecule has 2 amide bonds. The summed E-state index contributed by atoms with van der Waals surface area (Å²) in [7, 11) is 6.65. The standard InChI is InChI=1S/C27H34Cl2N4O4/c1-33(2)22(34)12-7-15-5-8-16(9-6-15)27(35)30-26-18-11-10-17(13-19(18)31-32-26)23-24(28)20(36-3)14-21(37-4)25(23)29/h5-6,8-9,14,17-19,26,31-32H,7,10-13H2,1-4H3,(H,30,35). The van der Waals surface area contributed by atoms with Gasteiger partial charge in [-0.2, -0.15) is 0 Å². The lowest BCUT2D eigenvalue weighted by atomic mass is 9.75. The minimum atomic E-state index is -0.193. The van der Waals surface area contributed by atoms with Gasteiger partial charge in [0.25, 0.3) is 5.91 Å². The van der Waals surface area contributed by atoms with Crippen molar-refractivity contribution in [2.24, 2.45) is 5.92 Å². The summed E-state index contributed by atoms with van der Waals surface area (Å²) in [5.41, 5.74) is 9.08. The molecule has 0 aromatic heterocycles. The Morgan fingerprint density at radius 2 is 1.68 bits per heavy atom. The third-order valence-electron chi connectivity index (χ3n) is 7.40. The maximum Gasteiger partial charge on any atom is 0.252 e. The maximum absolute atomic E-state index is 13.0. The number of rotatable bonds is 8. The van der Waals surface area contributed by atoms with E-state index in [2.05, 4.69) is 16.2 Å². The Kier molecular flexibility index (Phi) is 8.85. The van der Waals surface area contributed by atoms with E-state index in [-0.39, 0.29) is 35.9 Å². The van der Waals surface area contributed by atoms with Crippen molar-refractivity contribution in [3.05, 3.63) is 57.1 Å². The van der Waals surface area contributed by atoms with Gasteiger partial charge in [0.1, 0.15) is 11.5 Å². The molecule has 8 nitrogen and oxygen atoms in total. The van der Waals surface area contributed by atoms with Gasteiger partial charge in [0.2, 0.25) is 5.91 Å². The molecule has 3 N–H and O–H groups in total. The Labute approximate surface area is 227 Å². The van der Waals surface area contributed by atoms with Gasteiger partial charge in [0, 0.05) is 49.7 Å². The van der Waals surface area contributed by atoms with Crippen LogP contribution in [0.25, 0.3) is 0 Å². The third kappa shape index (κ3) is 5.98. The van der Waals surface area contributed by atoms with Gasteiger partial charge < -0.3 is 19.7 Å². The number of nitrogens with zero attached hydrogens (tertiary/aromatic N) is 1.